The highest BCUT2D eigenvalue weighted by atomic mass is 32.1. The van der Waals surface area contributed by atoms with Crippen LogP contribution < -0.4 is 5.32 Å². The summed E-state index contributed by atoms with van der Waals surface area (Å²) in [6.45, 7) is -1.18. The van der Waals surface area contributed by atoms with E-state index in [9.17, 15) is 22.8 Å². The third kappa shape index (κ3) is 3.77. The Labute approximate surface area is 149 Å². The molecular formula is C15H13F3N4O3S. The van der Waals surface area contributed by atoms with Crippen molar-refractivity contribution in [1.29, 1.82) is 0 Å². The number of nitrogens with one attached hydrogen (secondary N) is 1. The van der Waals surface area contributed by atoms with Crippen molar-refractivity contribution in [2.45, 2.75) is 6.18 Å². The lowest BCUT2D eigenvalue weighted by Gasteiger charge is -2.18. The Bertz CT molecular complexity index is 795. The molecule has 138 valence electrons. The Morgan fingerprint density at radius 1 is 1.23 bits per heavy atom. The van der Waals surface area contributed by atoms with Crippen LogP contribution in [0.3, 0.4) is 0 Å². The van der Waals surface area contributed by atoms with Crippen molar-refractivity contribution in [2.75, 3.05) is 18.4 Å². The summed E-state index contributed by atoms with van der Waals surface area (Å²) in [5, 5.41) is 19.8. The fourth-order valence-electron chi connectivity index (χ4n) is 2.75. The first-order valence-corrected chi connectivity index (χ1v) is 8.35. The van der Waals surface area contributed by atoms with E-state index in [1.165, 1.54) is 11.3 Å². The number of benzene rings is 1. The second kappa shape index (κ2) is 6.90. The first-order valence-electron chi connectivity index (χ1n) is 7.48. The van der Waals surface area contributed by atoms with Crippen molar-refractivity contribution in [1.82, 2.24) is 15.1 Å². The number of urea groups is 1. The average Bonchev–Trinajstić information content (AvgIpc) is 3.25. The van der Waals surface area contributed by atoms with Gasteiger partial charge in [-0.05, 0) is 24.3 Å². The molecule has 7 nitrogen and oxygen atoms in total. The minimum Gasteiger partial charge on any atom is -0.481 e. The quantitative estimate of drug-likeness (QED) is 0.846. The molecule has 1 aromatic carbocycles. The van der Waals surface area contributed by atoms with E-state index in [0.29, 0.717) is 10.7 Å². The van der Waals surface area contributed by atoms with Crippen LogP contribution in [-0.4, -0.2) is 51.5 Å². The Hall–Kier alpha value is -2.69. The van der Waals surface area contributed by atoms with Crippen molar-refractivity contribution in [2.24, 2.45) is 11.8 Å². The fourth-order valence-corrected chi connectivity index (χ4v) is 3.31. The second-order valence-corrected chi connectivity index (χ2v) is 6.58. The number of rotatable bonds is 3. The summed E-state index contributed by atoms with van der Waals surface area (Å²) in [5.41, 5.74) is 2.74. The molecule has 3 rings (SSSR count). The number of likely N-dealkylation sites (tertiary alicyclic amines) is 1. The Balaban J connectivity index is 1.67. The molecule has 0 bridgehead atoms. The summed E-state index contributed by atoms with van der Waals surface area (Å²) in [6, 6.07) is 5.78. The minimum atomic E-state index is -4.68. The number of anilines is 1. The molecule has 1 aromatic heterocycles. The number of halogens is 3. The number of carboxylic acid groups (broad SMARTS) is 1. The molecule has 1 fully saturated rings. The lowest BCUT2D eigenvalue weighted by atomic mass is 9.96. The van der Waals surface area contributed by atoms with Gasteiger partial charge in [-0.3, -0.25) is 4.79 Å². The maximum atomic E-state index is 13.0. The van der Waals surface area contributed by atoms with Gasteiger partial charge in [-0.15, -0.1) is 10.2 Å². The largest absolute Gasteiger partial charge is 0.481 e. The van der Waals surface area contributed by atoms with E-state index in [0.717, 1.165) is 10.5 Å². The number of hydrogen-bond acceptors (Lipinski definition) is 5. The highest BCUT2D eigenvalue weighted by Crippen LogP contribution is 2.38. The molecule has 0 spiro atoms. The van der Waals surface area contributed by atoms with Gasteiger partial charge in [-0.1, -0.05) is 11.3 Å². The predicted octanol–water partition coefficient (Wildman–Crippen LogP) is 2.93. The second-order valence-electron chi connectivity index (χ2n) is 5.75. The number of carbonyl (C=O) groups excluding carboxylic acids is 1. The van der Waals surface area contributed by atoms with E-state index < -0.39 is 43.1 Å². The molecule has 2 heterocycles. The van der Waals surface area contributed by atoms with Crippen molar-refractivity contribution in [3.05, 3.63) is 29.8 Å². The lowest BCUT2D eigenvalue weighted by Crippen LogP contribution is -2.35. The summed E-state index contributed by atoms with van der Waals surface area (Å²) in [5.74, 6) is -5.31. The summed E-state index contributed by atoms with van der Waals surface area (Å²) in [7, 11) is 0. The number of nitrogens with zero attached hydrogens (tertiary/aromatic N) is 3. The molecule has 0 aliphatic carbocycles. The molecular weight excluding hydrogens is 373 g/mol. The molecule has 1 aliphatic heterocycles. The van der Waals surface area contributed by atoms with Gasteiger partial charge in [0, 0.05) is 24.3 Å². The van der Waals surface area contributed by atoms with Crippen LogP contribution in [0.4, 0.5) is 23.7 Å². The molecule has 1 aliphatic rings. The molecule has 2 N–H and O–H groups in total. The van der Waals surface area contributed by atoms with Crippen LogP contribution in [0.15, 0.2) is 29.8 Å². The SMILES string of the molecule is O=C(O)[C@@H]1CN(C(=O)Nc2ccc(-c3nncs3)cc2)C[C@H]1C(F)(F)F. The van der Waals surface area contributed by atoms with Crippen molar-refractivity contribution >= 4 is 29.0 Å². The maximum Gasteiger partial charge on any atom is 0.394 e. The highest BCUT2D eigenvalue weighted by Gasteiger charge is 2.53. The van der Waals surface area contributed by atoms with Crippen molar-refractivity contribution < 1.29 is 27.9 Å². The predicted molar refractivity (Wildman–Crippen MR) is 86.6 cm³/mol. The Kier molecular flexibility index (Phi) is 4.81. The van der Waals surface area contributed by atoms with Crippen LogP contribution in [0.25, 0.3) is 10.6 Å². The number of aromatic nitrogens is 2. The van der Waals surface area contributed by atoms with Crippen LogP contribution in [0.5, 0.6) is 0 Å². The van der Waals surface area contributed by atoms with Gasteiger partial charge in [0.15, 0.2) is 0 Å². The topological polar surface area (TPSA) is 95.4 Å². The number of carboxylic acids is 1. The van der Waals surface area contributed by atoms with Crippen LogP contribution in [0.1, 0.15) is 0 Å². The lowest BCUT2D eigenvalue weighted by molar-refractivity contribution is -0.187. The Morgan fingerprint density at radius 2 is 1.92 bits per heavy atom. The monoisotopic (exact) mass is 386 g/mol. The van der Waals surface area contributed by atoms with Crippen molar-refractivity contribution in [3.63, 3.8) is 0 Å². The molecule has 11 heteroatoms. The van der Waals surface area contributed by atoms with Gasteiger partial charge in [-0.25, -0.2) is 4.79 Å². The zero-order valence-corrected chi connectivity index (χ0v) is 13.9. The molecule has 2 atom stereocenters. The van der Waals surface area contributed by atoms with Gasteiger partial charge in [-0.2, -0.15) is 13.2 Å². The molecule has 1 saturated heterocycles. The van der Waals surface area contributed by atoms with E-state index in [1.54, 1.807) is 29.8 Å². The van der Waals surface area contributed by atoms with Gasteiger partial charge in [0.1, 0.15) is 10.5 Å². The van der Waals surface area contributed by atoms with Crippen LogP contribution in [0.2, 0.25) is 0 Å². The first kappa shape index (κ1) is 18.1. The normalized spacial score (nSPS) is 20.2. The number of carbonyl (C=O) groups is 2. The summed E-state index contributed by atoms with van der Waals surface area (Å²) >= 11 is 1.34. The average molecular weight is 386 g/mol. The first-order chi connectivity index (χ1) is 12.3. The number of hydrogen-bond donors (Lipinski definition) is 2. The van der Waals surface area contributed by atoms with Gasteiger partial charge in [0.25, 0.3) is 0 Å². The zero-order valence-electron chi connectivity index (χ0n) is 13.1. The van der Waals surface area contributed by atoms with E-state index in [4.69, 9.17) is 5.11 Å². The minimum absolute atomic E-state index is 0.380. The number of aliphatic carboxylic acids is 1. The van der Waals surface area contributed by atoms with E-state index in [-0.39, 0.29) is 0 Å². The van der Waals surface area contributed by atoms with Crippen LogP contribution >= 0.6 is 11.3 Å². The molecule has 0 radical (unpaired) electrons. The number of alkyl halides is 3. The standard InChI is InChI=1S/C15H13F3N4O3S/c16-15(17,18)11-6-22(5-10(11)13(23)24)14(25)20-9-3-1-8(2-4-9)12-21-19-7-26-12/h1-4,7,10-11H,5-6H2,(H,20,25)(H,23,24)/t10-,11-/m1/s1. The zero-order chi connectivity index (χ0) is 18.9. The van der Waals surface area contributed by atoms with Gasteiger partial charge < -0.3 is 15.3 Å². The van der Waals surface area contributed by atoms with Crippen LogP contribution in [-0.2, 0) is 4.79 Å². The van der Waals surface area contributed by atoms with E-state index in [1.807, 2.05) is 0 Å². The van der Waals surface area contributed by atoms with E-state index in [2.05, 4.69) is 15.5 Å². The van der Waals surface area contributed by atoms with Crippen LogP contribution in [0, 0.1) is 11.8 Å². The Morgan fingerprint density at radius 3 is 2.42 bits per heavy atom. The molecule has 26 heavy (non-hydrogen) atoms. The van der Waals surface area contributed by atoms with Crippen molar-refractivity contribution in [3.8, 4) is 10.6 Å². The van der Waals surface area contributed by atoms with E-state index >= 15 is 0 Å². The third-order valence-electron chi connectivity index (χ3n) is 4.09. The fraction of sp³-hybridized carbons (Fsp3) is 0.333. The molecule has 2 amide bonds. The summed E-state index contributed by atoms with van der Waals surface area (Å²) < 4.78 is 38.9. The third-order valence-corrected chi connectivity index (χ3v) is 4.83. The summed E-state index contributed by atoms with van der Waals surface area (Å²) in [6.07, 6.45) is -4.68. The van der Waals surface area contributed by atoms with Gasteiger partial charge >= 0.3 is 18.2 Å². The van der Waals surface area contributed by atoms with Gasteiger partial charge in [0.2, 0.25) is 0 Å². The smallest absolute Gasteiger partial charge is 0.394 e. The molecule has 0 saturated carbocycles. The molecule has 0 unspecified atom stereocenters. The maximum absolute atomic E-state index is 13.0. The molecule has 2 aromatic rings. The van der Waals surface area contributed by atoms with Gasteiger partial charge in [0.05, 0.1) is 11.8 Å². The highest BCUT2D eigenvalue weighted by molar-refractivity contribution is 7.12. The summed E-state index contributed by atoms with van der Waals surface area (Å²) in [4.78, 5) is 24.1. The number of amides is 2.